The number of hydrogen-bond acceptors (Lipinski definition) is 3. The predicted molar refractivity (Wildman–Crippen MR) is 71.4 cm³/mol. The van der Waals surface area contributed by atoms with Crippen molar-refractivity contribution < 1.29 is 14.3 Å². The maximum atomic E-state index is 11.6. The summed E-state index contributed by atoms with van der Waals surface area (Å²) in [5, 5.41) is 0. The van der Waals surface area contributed by atoms with Crippen LogP contribution >= 0.6 is 0 Å². The van der Waals surface area contributed by atoms with Gasteiger partial charge in [0.2, 0.25) is 0 Å². The smallest absolute Gasteiger partial charge is 0.309 e. The Morgan fingerprint density at radius 2 is 1.89 bits per heavy atom. The van der Waals surface area contributed by atoms with Gasteiger partial charge in [0.25, 0.3) is 0 Å². The van der Waals surface area contributed by atoms with Crippen molar-refractivity contribution in [3.63, 3.8) is 0 Å². The van der Waals surface area contributed by atoms with E-state index in [0.717, 1.165) is 12.8 Å². The molecule has 19 heavy (non-hydrogen) atoms. The van der Waals surface area contributed by atoms with Crippen LogP contribution in [0.4, 0.5) is 0 Å². The molecule has 0 spiro atoms. The van der Waals surface area contributed by atoms with Crippen LogP contribution in [0.3, 0.4) is 0 Å². The molecule has 0 amide bonds. The number of ether oxygens (including phenoxy) is 2. The fourth-order valence-electron chi connectivity index (χ4n) is 3.30. The molecule has 2 atom stereocenters. The van der Waals surface area contributed by atoms with Gasteiger partial charge in [0.1, 0.15) is 0 Å². The highest BCUT2D eigenvalue weighted by molar-refractivity contribution is 5.76. The lowest BCUT2D eigenvalue weighted by atomic mass is 10.1. The number of benzene rings is 1. The number of esters is 1. The monoisotopic (exact) mass is 260 g/mol. The lowest BCUT2D eigenvalue weighted by Crippen LogP contribution is -2.17. The van der Waals surface area contributed by atoms with Crippen LogP contribution in [-0.2, 0) is 20.9 Å². The van der Waals surface area contributed by atoms with Crippen molar-refractivity contribution in [3.05, 3.63) is 35.9 Å². The molecule has 0 radical (unpaired) electrons. The summed E-state index contributed by atoms with van der Waals surface area (Å²) < 4.78 is 11.0. The lowest BCUT2D eigenvalue weighted by molar-refractivity contribution is -0.145. The minimum atomic E-state index is -0.000917. The van der Waals surface area contributed by atoms with E-state index in [2.05, 4.69) is 12.1 Å². The van der Waals surface area contributed by atoms with Crippen LogP contribution in [0.15, 0.2) is 30.3 Å². The summed E-state index contributed by atoms with van der Waals surface area (Å²) in [5.74, 6) is 1.19. The molecule has 0 aromatic heterocycles. The Morgan fingerprint density at radius 3 is 2.53 bits per heavy atom. The summed E-state index contributed by atoms with van der Waals surface area (Å²) in [6.07, 6.45) is 2.35. The molecule has 3 nitrogen and oxygen atoms in total. The molecule has 2 fully saturated rings. The SMILES string of the molecule is CCOC(=O)C1[C@H]2CC(OCc3ccccc3)C[C@H]12. The maximum Gasteiger partial charge on any atom is 0.309 e. The van der Waals surface area contributed by atoms with Gasteiger partial charge in [-0.1, -0.05) is 30.3 Å². The summed E-state index contributed by atoms with van der Waals surface area (Å²) in [7, 11) is 0. The molecular weight excluding hydrogens is 240 g/mol. The number of hydrogen-bond donors (Lipinski definition) is 0. The van der Waals surface area contributed by atoms with Crippen molar-refractivity contribution in [3.8, 4) is 0 Å². The van der Waals surface area contributed by atoms with Gasteiger partial charge < -0.3 is 9.47 Å². The third kappa shape index (κ3) is 2.66. The van der Waals surface area contributed by atoms with E-state index in [9.17, 15) is 4.79 Å². The summed E-state index contributed by atoms with van der Waals surface area (Å²) in [6.45, 7) is 3.03. The summed E-state index contributed by atoms with van der Waals surface area (Å²) in [5.41, 5.74) is 1.21. The average Bonchev–Trinajstić information content (AvgIpc) is 2.94. The first-order chi connectivity index (χ1) is 9.29. The third-order valence-electron chi connectivity index (χ3n) is 4.29. The van der Waals surface area contributed by atoms with Gasteiger partial charge in [0.05, 0.1) is 25.2 Å². The average molecular weight is 260 g/mol. The van der Waals surface area contributed by atoms with Crippen LogP contribution in [0.2, 0.25) is 0 Å². The quantitative estimate of drug-likeness (QED) is 0.764. The Hall–Kier alpha value is -1.35. The van der Waals surface area contributed by atoms with E-state index in [-0.39, 0.29) is 11.9 Å². The molecule has 0 heterocycles. The molecular formula is C16H20O3. The standard InChI is InChI=1S/C16H20O3/c1-2-18-16(17)15-13-8-12(9-14(13)15)19-10-11-6-4-3-5-7-11/h3-7,12-15H,2,8-10H2,1H3/t12?,13-,14-,15?/m0/s1. The zero-order valence-corrected chi connectivity index (χ0v) is 11.2. The molecule has 1 aromatic rings. The summed E-state index contributed by atoms with van der Waals surface area (Å²) in [4.78, 5) is 11.6. The molecule has 2 aliphatic rings. The Bertz CT molecular complexity index is 431. The van der Waals surface area contributed by atoms with E-state index in [0.29, 0.717) is 31.2 Å². The van der Waals surface area contributed by atoms with E-state index in [1.54, 1.807) is 0 Å². The maximum absolute atomic E-state index is 11.6. The molecule has 1 aromatic carbocycles. The second kappa shape index (κ2) is 5.33. The molecule has 0 aliphatic heterocycles. The highest BCUT2D eigenvalue weighted by atomic mass is 16.5. The van der Waals surface area contributed by atoms with Gasteiger partial charge in [-0.3, -0.25) is 4.79 Å². The summed E-state index contributed by atoms with van der Waals surface area (Å²) >= 11 is 0. The molecule has 3 heteroatoms. The van der Waals surface area contributed by atoms with Crippen LogP contribution in [0, 0.1) is 17.8 Å². The van der Waals surface area contributed by atoms with Crippen molar-refractivity contribution in [2.45, 2.75) is 32.5 Å². The van der Waals surface area contributed by atoms with Gasteiger partial charge in [-0.05, 0) is 37.2 Å². The first-order valence-corrected chi connectivity index (χ1v) is 7.11. The minimum absolute atomic E-state index is 0.000917. The zero-order valence-electron chi connectivity index (χ0n) is 11.2. The minimum Gasteiger partial charge on any atom is -0.466 e. The fraction of sp³-hybridized carbons (Fsp3) is 0.562. The molecule has 0 bridgehead atoms. The van der Waals surface area contributed by atoms with E-state index in [4.69, 9.17) is 9.47 Å². The number of rotatable bonds is 5. The number of carbonyl (C=O) groups excluding carboxylic acids is 1. The first-order valence-electron chi connectivity index (χ1n) is 7.11. The molecule has 0 unspecified atom stereocenters. The molecule has 3 rings (SSSR count). The molecule has 102 valence electrons. The zero-order chi connectivity index (χ0) is 13.2. The molecule has 2 aliphatic carbocycles. The van der Waals surface area contributed by atoms with Crippen molar-refractivity contribution >= 4 is 5.97 Å². The lowest BCUT2D eigenvalue weighted by Gasteiger charge is -2.15. The second-order valence-corrected chi connectivity index (χ2v) is 5.50. The van der Waals surface area contributed by atoms with Gasteiger partial charge in [-0.25, -0.2) is 0 Å². The Morgan fingerprint density at radius 1 is 1.21 bits per heavy atom. The number of fused-ring (bicyclic) bond motifs is 1. The van der Waals surface area contributed by atoms with Crippen molar-refractivity contribution in [1.29, 1.82) is 0 Å². The predicted octanol–water partition coefficient (Wildman–Crippen LogP) is 2.79. The first kappa shape index (κ1) is 12.7. The molecule has 2 saturated carbocycles. The Balaban J connectivity index is 1.43. The van der Waals surface area contributed by atoms with Gasteiger partial charge in [-0.2, -0.15) is 0 Å². The molecule has 0 saturated heterocycles. The van der Waals surface area contributed by atoms with Gasteiger partial charge in [0, 0.05) is 0 Å². The fourth-order valence-corrected chi connectivity index (χ4v) is 3.30. The van der Waals surface area contributed by atoms with Crippen LogP contribution in [0.1, 0.15) is 25.3 Å². The largest absolute Gasteiger partial charge is 0.466 e. The van der Waals surface area contributed by atoms with E-state index in [1.165, 1.54) is 5.56 Å². The highest BCUT2D eigenvalue weighted by Gasteiger charge is 2.60. The summed E-state index contributed by atoms with van der Waals surface area (Å²) in [6, 6.07) is 10.2. The number of carbonyl (C=O) groups is 1. The second-order valence-electron chi connectivity index (χ2n) is 5.50. The van der Waals surface area contributed by atoms with Crippen LogP contribution in [0.5, 0.6) is 0 Å². The van der Waals surface area contributed by atoms with Crippen LogP contribution in [-0.4, -0.2) is 18.7 Å². The van der Waals surface area contributed by atoms with Gasteiger partial charge in [-0.15, -0.1) is 0 Å². The van der Waals surface area contributed by atoms with Crippen molar-refractivity contribution in [2.75, 3.05) is 6.61 Å². The normalized spacial score (nSPS) is 29.0. The topological polar surface area (TPSA) is 35.5 Å². The van der Waals surface area contributed by atoms with E-state index >= 15 is 0 Å². The van der Waals surface area contributed by atoms with E-state index < -0.39 is 0 Å². The van der Waals surface area contributed by atoms with Crippen LogP contribution < -0.4 is 0 Å². The van der Waals surface area contributed by atoms with Crippen molar-refractivity contribution in [2.24, 2.45) is 17.8 Å². The van der Waals surface area contributed by atoms with Crippen molar-refractivity contribution in [1.82, 2.24) is 0 Å². The van der Waals surface area contributed by atoms with E-state index in [1.807, 2.05) is 25.1 Å². The van der Waals surface area contributed by atoms with Gasteiger partial charge in [0.15, 0.2) is 0 Å². The van der Waals surface area contributed by atoms with Crippen LogP contribution in [0.25, 0.3) is 0 Å². The highest BCUT2D eigenvalue weighted by Crippen LogP contribution is 2.58. The van der Waals surface area contributed by atoms with Gasteiger partial charge >= 0.3 is 5.97 Å². The Kier molecular flexibility index (Phi) is 3.56. The molecule has 0 N–H and O–H groups in total. The Labute approximate surface area is 113 Å². The third-order valence-corrected chi connectivity index (χ3v) is 4.29.